The number of terminal acetylenes is 1. The number of alkyl carbamates (subject to hydrolysis) is 1. The van der Waals surface area contributed by atoms with Crippen LogP contribution in [0, 0.1) is 12.3 Å². The van der Waals surface area contributed by atoms with Crippen molar-refractivity contribution in [1.29, 1.82) is 0 Å². The predicted octanol–water partition coefficient (Wildman–Crippen LogP) is 0.649. The second-order valence-corrected chi connectivity index (χ2v) is 7.70. The fourth-order valence-electron chi connectivity index (χ4n) is 2.25. The van der Waals surface area contributed by atoms with Crippen LogP contribution in [0.3, 0.4) is 0 Å². The van der Waals surface area contributed by atoms with Crippen molar-refractivity contribution in [2.45, 2.75) is 45.3 Å². The summed E-state index contributed by atoms with van der Waals surface area (Å²) in [5.74, 6) is 1.39. The lowest BCUT2D eigenvalue weighted by atomic mass is 10.2. The molecule has 0 aromatic rings. The van der Waals surface area contributed by atoms with Gasteiger partial charge in [-0.3, -0.25) is 4.79 Å². The van der Waals surface area contributed by atoms with Crippen LogP contribution in [-0.4, -0.2) is 96.1 Å². The summed E-state index contributed by atoms with van der Waals surface area (Å²) in [5.41, 5.74) is -0.628. The van der Waals surface area contributed by atoms with E-state index in [4.69, 9.17) is 34.8 Å². The SMILES string of the molecule is C#CCOCCOCCOCCOCCC(=O)N[C@@H](CCNC(=O)OC(C)(C)C)C(=O)OC. The van der Waals surface area contributed by atoms with Gasteiger partial charge in [-0.2, -0.15) is 0 Å². The number of hydrogen-bond donors (Lipinski definition) is 2. The van der Waals surface area contributed by atoms with Crippen LogP contribution in [0.15, 0.2) is 0 Å². The van der Waals surface area contributed by atoms with E-state index in [9.17, 15) is 14.4 Å². The van der Waals surface area contributed by atoms with E-state index in [1.54, 1.807) is 20.8 Å². The summed E-state index contributed by atoms with van der Waals surface area (Å²) in [7, 11) is 1.23. The minimum atomic E-state index is -0.891. The number of nitrogens with one attached hydrogen (secondary N) is 2. The van der Waals surface area contributed by atoms with Crippen LogP contribution in [0.2, 0.25) is 0 Å². The monoisotopic (exact) mass is 474 g/mol. The van der Waals surface area contributed by atoms with Crippen molar-refractivity contribution < 1.29 is 42.8 Å². The molecule has 2 N–H and O–H groups in total. The maximum absolute atomic E-state index is 12.1. The number of ether oxygens (including phenoxy) is 6. The molecule has 0 aliphatic carbocycles. The van der Waals surface area contributed by atoms with Gasteiger partial charge in [-0.25, -0.2) is 9.59 Å². The molecule has 1 atom stereocenters. The van der Waals surface area contributed by atoms with Crippen molar-refractivity contribution in [1.82, 2.24) is 10.6 Å². The number of methoxy groups -OCH3 is 1. The molecule has 0 fully saturated rings. The Kier molecular flexibility index (Phi) is 17.7. The first-order valence-electron chi connectivity index (χ1n) is 10.8. The highest BCUT2D eigenvalue weighted by atomic mass is 16.6. The highest BCUT2D eigenvalue weighted by molar-refractivity contribution is 5.84. The molecule has 0 rings (SSSR count). The lowest BCUT2D eigenvalue weighted by Crippen LogP contribution is -2.44. The molecule has 0 aromatic heterocycles. The number of amides is 2. The summed E-state index contributed by atoms with van der Waals surface area (Å²) < 4.78 is 30.9. The summed E-state index contributed by atoms with van der Waals surface area (Å²) >= 11 is 0. The second kappa shape index (κ2) is 19.1. The van der Waals surface area contributed by atoms with Crippen molar-refractivity contribution in [2.75, 3.05) is 66.5 Å². The molecule has 0 heterocycles. The van der Waals surface area contributed by atoms with Crippen LogP contribution < -0.4 is 10.6 Å². The van der Waals surface area contributed by atoms with Crippen LogP contribution in [-0.2, 0) is 38.0 Å². The fraction of sp³-hybridized carbons (Fsp3) is 0.773. The minimum absolute atomic E-state index is 0.0633. The zero-order valence-electron chi connectivity index (χ0n) is 20.1. The zero-order chi connectivity index (χ0) is 25.0. The first-order chi connectivity index (χ1) is 15.7. The summed E-state index contributed by atoms with van der Waals surface area (Å²) in [6.07, 6.45) is 4.67. The Morgan fingerprint density at radius 3 is 1.97 bits per heavy atom. The van der Waals surface area contributed by atoms with E-state index in [0.29, 0.717) is 39.6 Å². The van der Waals surface area contributed by atoms with Crippen LogP contribution in [0.1, 0.15) is 33.6 Å². The molecule has 0 saturated heterocycles. The Morgan fingerprint density at radius 1 is 0.909 bits per heavy atom. The van der Waals surface area contributed by atoms with Crippen molar-refractivity contribution >= 4 is 18.0 Å². The first kappa shape index (κ1) is 30.6. The highest BCUT2D eigenvalue weighted by Crippen LogP contribution is 2.06. The summed E-state index contributed by atoms with van der Waals surface area (Å²) in [6, 6.07) is -0.891. The normalized spacial score (nSPS) is 11.8. The van der Waals surface area contributed by atoms with E-state index in [-0.39, 0.29) is 38.5 Å². The van der Waals surface area contributed by atoms with Gasteiger partial charge in [0, 0.05) is 13.0 Å². The van der Waals surface area contributed by atoms with Gasteiger partial charge >= 0.3 is 12.1 Å². The summed E-state index contributed by atoms with van der Waals surface area (Å²) in [6.45, 7) is 8.20. The lowest BCUT2D eigenvalue weighted by Gasteiger charge is -2.20. The second-order valence-electron chi connectivity index (χ2n) is 7.70. The molecule has 190 valence electrons. The molecule has 0 radical (unpaired) electrons. The first-order valence-corrected chi connectivity index (χ1v) is 10.8. The van der Waals surface area contributed by atoms with Gasteiger partial charge in [0.1, 0.15) is 18.2 Å². The van der Waals surface area contributed by atoms with Gasteiger partial charge < -0.3 is 39.1 Å². The lowest BCUT2D eigenvalue weighted by molar-refractivity contribution is -0.145. The molecular formula is C22H38N2O9. The van der Waals surface area contributed by atoms with Gasteiger partial charge in [0.2, 0.25) is 5.91 Å². The quantitative estimate of drug-likeness (QED) is 0.167. The van der Waals surface area contributed by atoms with E-state index in [0.717, 1.165) is 0 Å². The van der Waals surface area contributed by atoms with Crippen LogP contribution >= 0.6 is 0 Å². The van der Waals surface area contributed by atoms with Crippen LogP contribution in [0.5, 0.6) is 0 Å². The van der Waals surface area contributed by atoms with Crippen molar-refractivity contribution in [3.63, 3.8) is 0 Å². The Morgan fingerprint density at radius 2 is 1.45 bits per heavy atom. The Labute approximate surface area is 196 Å². The number of carbonyl (C=O) groups is 3. The molecule has 2 amide bonds. The topological polar surface area (TPSA) is 131 Å². The molecule has 11 nitrogen and oxygen atoms in total. The van der Waals surface area contributed by atoms with Crippen molar-refractivity contribution in [3.05, 3.63) is 0 Å². The van der Waals surface area contributed by atoms with Crippen LogP contribution in [0.4, 0.5) is 4.79 Å². The van der Waals surface area contributed by atoms with Gasteiger partial charge in [0.05, 0.1) is 53.4 Å². The number of rotatable bonds is 18. The third-order valence-electron chi connectivity index (χ3n) is 3.70. The Balaban J connectivity index is 3.87. The number of esters is 1. The third kappa shape index (κ3) is 20.0. The summed E-state index contributed by atoms with van der Waals surface area (Å²) in [4.78, 5) is 35.6. The number of carbonyl (C=O) groups excluding carboxylic acids is 3. The van der Waals surface area contributed by atoms with Gasteiger partial charge in [0.15, 0.2) is 0 Å². The minimum Gasteiger partial charge on any atom is -0.467 e. The Hall–Kier alpha value is -2.39. The van der Waals surface area contributed by atoms with Gasteiger partial charge in [0.25, 0.3) is 0 Å². The maximum atomic E-state index is 12.1. The van der Waals surface area contributed by atoms with Gasteiger partial charge in [-0.05, 0) is 27.2 Å². The highest BCUT2D eigenvalue weighted by Gasteiger charge is 2.22. The van der Waals surface area contributed by atoms with E-state index < -0.39 is 23.7 Å². The average molecular weight is 475 g/mol. The third-order valence-corrected chi connectivity index (χ3v) is 3.70. The maximum Gasteiger partial charge on any atom is 0.407 e. The van der Waals surface area contributed by atoms with Crippen molar-refractivity contribution in [2.24, 2.45) is 0 Å². The summed E-state index contributed by atoms with van der Waals surface area (Å²) in [5, 5.41) is 5.12. The Bertz CT molecular complexity index is 600. The van der Waals surface area contributed by atoms with Crippen LogP contribution in [0.25, 0.3) is 0 Å². The zero-order valence-corrected chi connectivity index (χ0v) is 20.1. The van der Waals surface area contributed by atoms with E-state index in [1.165, 1.54) is 7.11 Å². The smallest absolute Gasteiger partial charge is 0.407 e. The molecule has 11 heteroatoms. The fourth-order valence-corrected chi connectivity index (χ4v) is 2.25. The average Bonchev–Trinajstić information content (AvgIpc) is 2.74. The molecule has 33 heavy (non-hydrogen) atoms. The molecule has 0 unspecified atom stereocenters. The molecule has 0 saturated carbocycles. The molecular weight excluding hydrogens is 436 g/mol. The molecule has 0 aliphatic heterocycles. The number of hydrogen-bond acceptors (Lipinski definition) is 9. The largest absolute Gasteiger partial charge is 0.467 e. The van der Waals surface area contributed by atoms with Crippen molar-refractivity contribution in [3.8, 4) is 12.3 Å². The molecule has 0 aromatic carbocycles. The van der Waals surface area contributed by atoms with Gasteiger partial charge in [-0.1, -0.05) is 5.92 Å². The van der Waals surface area contributed by atoms with E-state index in [1.807, 2.05) is 0 Å². The molecule has 0 spiro atoms. The predicted molar refractivity (Wildman–Crippen MR) is 120 cm³/mol. The standard InChI is InChI=1S/C22H38N2O9/c1-6-10-29-12-14-31-16-17-32-15-13-30-11-8-19(25)24-18(20(26)28-5)7-9-23-21(27)33-22(2,3)4/h1,18H,7-17H2,2-5H3,(H,23,27)(H,24,25)/t18-/m0/s1. The molecule has 0 bridgehead atoms. The molecule has 0 aliphatic rings. The van der Waals surface area contributed by atoms with Gasteiger partial charge in [-0.15, -0.1) is 6.42 Å². The van der Waals surface area contributed by atoms with E-state index >= 15 is 0 Å². The van der Waals surface area contributed by atoms with E-state index in [2.05, 4.69) is 16.6 Å².